The largest absolute Gasteiger partial charge is 0.357 e. The molecular weight excluding hydrogens is 222 g/mol. The van der Waals surface area contributed by atoms with Crippen molar-refractivity contribution >= 4 is 17.8 Å². The van der Waals surface area contributed by atoms with Crippen LogP contribution in [-0.2, 0) is 4.79 Å². The molecule has 0 spiro atoms. The average Bonchev–Trinajstić information content (AvgIpc) is 2.39. The number of pyridine rings is 1. The topological polar surface area (TPSA) is 76.3 Å². The Labute approximate surface area is 98.4 Å². The molecule has 0 saturated carbocycles. The minimum Gasteiger partial charge on any atom is -0.357 e. The number of nitro groups is 1. The first kappa shape index (κ1) is 11.5. The van der Waals surface area contributed by atoms with Crippen molar-refractivity contribution < 1.29 is 9.72 Å². The van der Waals surface area contributed by atoms with Gasteiger partial charge in [0, 0.05) is 25.1 Å². The van der Waals surface area contributed by atoms with Crippen LogP contribution in [0.3, 0.4) is 0 Å². The van der Waals surface area contributed by atoms with Crippen LogP contribution < -0.4 is 4.90 Å². The second-order valence-electron chi connectivity index (χ2n) is 4.09. The van der Waals surface area contributed by atoms with E-state index in [4.69, 9.17) is 0 Å². The van der Waals surface area contributed by atoms with Gasteiger partial charge in [0.25, 0.3) is 5.69 Å². The van der Waals surface area contributed by atoms with Gasteiger partial charge >= 0.3 is 0 Å². The number of rotatable bonds is 3. The Bertz CT molecular complexity index is 410. The third kappa shape index (κ3) is 2.58. The monoisotopic (exact) mass is 235 g/mol. The summed E-state index contributed by atoms with van der Waals surface area (Å²) in [5.41, 5.74) is -0.00322. The highest BCUT2D eigenvalue weighted by Crippen LogP contribution is 2.21. The number of aldehydes is 1. The van der Waals surface area contributed by atoms with Crippen LogP contribution in [0.2, 0.25) is 0 Å². The molecule has 0 radical (unpaired) electrons. The van der Waals surface area contributed by atoms with Gasteiger partial charge in [0.1, 0.15) is 18.3 Å². The smallest absolute Gasteiger partial charge is 0.287 e. The first-order chi connectivity index (χ1) is 8.20. The molecule has 0 amide bonds. The number of piperidine rings is 1. The summed E-state index contributed by atoms with van der Waals surface area (Å²) >= 11 is 0. The summed E-state index contributed by atoms with van der Waals surface area (Å²) in [6.07, 6.45) is 3.91. The van der Waals surface area contributed by atoms with Gasteiger partial charge in [-0.3, -0.25) is 10.1 Å². The van der Waals surface area contributed by atoms with Crippen molar-refractivity contribution in [1.82, 2.24) is 4.98 Å². The van der Waals surface area contributed by atoms with E-state index in [0.717, 1.165) is 38.0 Å². The molecule has 6 nitrogen and oxygen atoms in total. The van der Waals surface area contributed by atoms with Crippen LogP contribution in [0.5, 0.6) is 0 Å². The average molecular weight is 235 g/mol. The summed E-state index contributed by atoms with van der Waals surface area (Å²) < 4.78 is 0. The number of carbonyl (C=O) groups excluding carboxylic acids is 1. The number of carbonyl (C=O) groups is 1. The summed E-state index contributed by atoms with van der Waals surface area (Å²) in [6.45, 7) is 1.54. The molecule has 0 N–H and O–H groups in total. The lowest BCUT2D eigenvalue weighted by Gasteiger charge is -2.30. The first-order valence-corrected chi connectivity index (χ1v) is 5.51. The fourth-order valence-corrected chi connectivity index (χ4v) is 1.94. The molecule has 1 aliphatic rings. The maximum absolute atomic E-state index is 10.6. The van der Waals surface area contributed by atoms with Crippen LogP contribution >= 0.6 is 0 Å². The zero-order valence-corrected chi connectivity index (χ0v) is 9.28. The molecule has 0 atom stereocenters. The van der Waals surface area contributed by atoms with E-state index in [9.17, 15) is 14.9 Å². The zero-order chi connectivity index (χ0) is 12.3. The maximum atomic E-state index is 10.6. The Kier molecular flexibility index (Phi) is 3.32. The normalized spacial score (nSPS) is 16.8. The van der Waals surface area contributed by atoms with Crippen molar-refractivity contribution in [3.63, 3.8) is 0 Å². The van der Waals surface area contributed by atoms with Gasteiger partial charge in [-0.15, -0.1) is 0 Å². The SMILES string of the molecule is O=CC1CCN(c2ccc([N+](=O)[O-])cn2)CC1. The van der Waals surface area contributed by atoms with Gasteiger partial charge in [-0.2, -0.15) is 0 Å². The minimum atomic E-state index is -0.463. The van der Waals surface area contributed by atoms with Gasteiger partial charge in [0.05, 0.1) is 4.92 Å². The molecule has 0 aliphatic carbocycles. The third-order valence-electron chi connectivity index (χ3n) is 3.00. The van der Waals surface area contributed by atoms with Gasteiger partial charge in [-0.05, 0) is 18.9 Å². The Morgan fingerprint density at radius 3 is 2.59 bits per heavy atom. The molecule has 1 aromatic rings. The highest BCUT2D eigenvalue weighted by Gasteiger charge is 2.19. The van der Waals surface area contributed by atoms with Crippen LogP contribution in [0.25, 0.3) is 0 Å². The Hall–Kier alpha value is -1.98. The molecule has 2 rings (SSSR count). The predicted octanol–water partition coefficient (Wildman–Crippen LogP) is 1.41. The number of aromatic nitrogens is 1. The molecule has 1 aliphatic heterocycles. The summed E-state index contributed by atoms with van der Waals surface area (Å²) in [4.78, 5) is 26.7. The second-order valence-corrected chi connectivity index (χ2v) is 4.09. The van der Waals surface area contributed by atoms with E-state index < -0.39 is 4.92 Å². The molecule has 0 aromatic carbocycles. The van der Waals surface area contributed by atoms with E-state index in [1.54, 1.807) is 6.07 Å². The van der Waals surface area contributed by atoms with E-state index in [1.165, 1.54) is 12.3 Å². The molecule has 90 valence electrons. The summed E-state index contributed by atoms with van der Waals surface area (Å²) in [6, 6.07) is 3.10. The van der Waals surface area contributed by atoms with Crippen LogP contribution in [0.1, 0.15) is 12.8 Å². The van der Waals surface area contributed by atoms with E-state index in [1.807, 2.05) is 4.90 Å². The highest BCUT2D eigenvalue weighted by molar-refractivity contribution is 5.54. The first-order valence-electron chi connectivity index (χ1n) is 5.51. The number of nitrogens with zero attached hydrogens (tertiary/aromatic N) is 3. The molecular formula is C11H13N3O3. The summed E-state index contributed by atoms with van der Waals surface area (Å²) in [5, 5.41) is 10.5. The van der Waals surface area contributed by atoms with Crippen molar-refractivity contribution in [2.24, 2.45) is 5.92 Å². The number of hydrogen-bond donors (Lipinski definition) is 0. The maximum Gasteiger partial charge on any atom is 0.287 e. The van der Waals surface area contributed by atoms with Gasteiger partial charge in [0.15, 0.2) is 0 Å². The van der Waals surface area contributed by atoms with Crippen LogP contribution in [-0.4, -0.2) is 29.3 Å². The molecule has 6 heteroatoms. The highest BCUT2D eigenvalue weighted by atomic mass is 16.6. The van der Waals surface area contributed by atoms with Crippen molar-refractivity contribution in [3.05, 3.63) is 28.4 Å². The lowest BCUT2D eigenvalue weighted by atomic mass is 9.99. The Morgan fingerprint density at radius 2 is 2.12 bits per heavy atom. The van der Waals surface area contributed by atoms with E-state index in [0.29, 0.717) is 0 Å². The van der Waals surface area contributed by atoms with Gasteiger partial charge in [-0.25, -0.2) is 4.98 Å². The number of hydrogen-bond acceptors (Lipinski definition) is 5. The summed E-state index contributed by atoms with van der Waals surface area (Å²) in [7, 11) is 0. The quantitative estimate of drug-likeness (QED) is 0.449. The third-order valence-corrected chi connectivity index (χ3v) is 3.00. The van der Waals surface area contributed by atoms with Crippen molar-refractivity contribution in [2.45, 2.75) is 12.8 Å². The Balaban J connectivity index is 2.03. The lowest BCUT2D eigenvalue weighted by Crippen LogP contribution is -2.34. The van der Waals surface area contributed by atoms with Gasteiger partial charge in [-0.1, -0.05) is 0 Å². The van der Waals surface area contributed by atoms with Crippen molar-refractivity contribution in [3.8, 4) is 0 Å². The summed E-state index contributed by atoms with van der Waals surface area (Å²) in [5.74, 6) is 0.879. The standard InChI is InChI=1S/C11H13N3O3/c15-8-9-3-5-13(6-4-9)11-2-1-10(7-12-11)14(16)17/h1-2,7-9H,3-6H2. The van der Waals surface area contributed by atoms with E-state index in [2.05, 4.69) is 4.98 Å². The van der Waals surface area contributed by atoms with Crippen molar-refractivity contribution in [1.29, 1.82) is 0 Å². The second kappa shape index (κ2) is 4.90. The molecule has 1 aromatic heterocycles. The molecule has 17 heavy (non-hydrogen) atoms. The van der Waals surface area contributed by atoms with Gasteiger partial charge < -0.3 is 9.69 Å². The number of anilines is 1. The molecule has 1 saturated heterocycles. The van der Waals surface area contributed by atoms with Crippen molar-refractivity contribution in [2.75, 3.05) is 18.0 Å². The fraction of sp³-hybridized carbons (Fsp3) is 0.455. The predicted molar refractivity (Wildman–Crippen MR) is 61.9 cm³/mol. The molecule has 0 bridgehead atoms. The zero-order valence-electron chi connectivity index (χ0n) is 9.28. The van der Waals surface area contributed by atoms with Crippen LogP contribution in [0, 0.1) is 16.0 Å². The van der Waals surface area contributed by atoms with Gasteiger partial charge in [0.2, 0.25) is 0 Å². The van der Waals surface area contributed by atoms with Crippen LogP contribution in [0.15, 0.2) is 18.3 Å². The minimum absolute atomic E-state index is 0.00322. The van der Waals surface area contributed by atoms with Crippen LogP contribution in [0.4, 0.5) is 11.5 Å². The molecule has 0 unspecified atom stereocenters. The van der Waals surface area contributed by atoms with E-state index in [-0.39, 0.29) is 11.6 Å². The lowest BCUT2D eigenvalue weighted by molar-refractivity contribution is -0.385. The Morgan fingerprint density at radius 1 is 1.41 bits per heavy atom. The molecule has 1 fully saturated rings. The van der Waals surface area contributed by atoms with E-state index >= 15 is 0 Å². The fourth-order valence-electron chi connectivity index (χ4n) is 1.94. The molecule has 2 heterocycles.